The maximum absolute atomic E-state index is 12.8. The summed E-state index contributed by atoms with van der Waals surface area (Å²) in [5, 5.41) is 1.11. The number of fused-ring (bicyclic) bond motifs is 1. The van der Waals surface area contributed by atoms with Crippen LogP contribution in [0.4, 0.5) is 0 Å². The van der Waals surface area contributed by atoms with Crippen molar-refractivity contribution in [2.24, 2.45) is 0 Å². The fraction of sp³-hybridized carbons (Fsp3) is 0.179. The minimum absolute atomic E-state index is 0.161. The van der Waals surface area contributed by atoms with E-state index in [2.05, 4.69) is 44.5 Å². The van der Waals surface area contributed by atoms with Crippen molar-refractivity contribution < 1.29 is 4.79 Å². The molecular formula is C28H29ClOS. The summed E-state index contributed by atoms with van der Waals surface area (Å²) in [5.41, 5.74) is 4.97. The van der Waals surface area contributed by atoms with Crippen LogP contribution >= 0.6 is 22.9 Å². The molecule has 0 amide bonds. The van der Waals surface area contributed by atoms with Gasteiger partial charge in [-0.05, 0) is 59.6 Å². The smallest absolute Gasteiger partial charge is 0.173 e. The summed E-state index contributed by atoms with van der Waals surface area (Å²) in [6.45, 7) is 17.4. The van der Waals surface area contributed by atoms with Gasteiger partial charge in [0.25, 0.3) is 0 Å². The molecular weight excluding hydrogens is 420 g/mol. The fourth-order valence-electron chi connectivity index (χ4n) is 3.03. The number of hydrogen-bond donors (Lipinski definition) is 0. The van der Waals surface area contributed by atoms with Gasteiger partial charge in [-0.2, -0.15) is 0 Å². The number of hydrogen-bond acceptors (Lipinski definition) is 2. The third kappa shape index (κ3) is 7.20. The zero-order valence-electron chi connectivity index (χ0n) is 18.1. The first kappa shape index (κ1) is 24.6. The van der Waals surface area contributed by atoms with Crippen LogP contribution in [0.2, 0.25) is 0 Å². The van der Waals surface area contributed by atoms with E-state index < -0.39 is 0 Å². The van der Waals surface area contributed by atoms with Crippen LogP contribution in [0.1, 0.15) is 35.0 Å². The van der Waals surface area contributed by atoms with Crippen LogP contribution in [-0.4, -0.2) is 11.7 Å². The van der Waals surface area contributed by atoms with Gasteiger partial charge in [-0.15, -0.1) is 29.5 Å². The molecule has 0 N–H and O–H groups in total. The Morgan fingerprint density at radius 3 is 2.39 bits per heavy atom. The molecule has 0 fully saturated rings. The fourth-order valence-corrected chi connectivity index (χ4v) is 4.38. The number of alkyl halides is 1. The van der Waals surface area contributed by atoms with Crippen LogP contribution in [-0.2, 0) is 6.42 Å². The molecule has 0 aliphatic carbocycles. The Morgan fingerprint density at radius 1 is 1.06 bits per heavy atom. The lowest BCUT2D eigenvalue weighted by Crippen LogP contribution is -1.97. The minimum atomic E-state index is 0.161. The standard InChI is InChI=1S/C28H29ClOS/c1-6-10-22-13-14-24-18-28(31-27(24)17-22)26(30)16-15-23(20(3)4)11-8-9-12-25(19-29)21(5)7-2/h6-9,11-14,17-18H,1-3,5,10,15-16,19H2,4H3/b9-8+,23-11-,25-12+. The van der Waals surface area contributed by atoms with E-state index in [0.717, 1.165) is 43.7 Å². The molecule has 1 nitrogen and oxygen atoms in total. The second-order valence-electron chi connectivity index (χ2n) is 7.31. The molecule has 0 unspecified atom stereocenters. The normalized spacial score (nSPS) is 12.3. The third-order valence-corrected chi connectivity index (χ3v) is 6.34. The molecule has 0 bridgehead atoms. The van der Waals surface area contributed by atoms with Crippen LogP contribution in [0, 0.1) is 0 Å². The predicted molar refractivity (Wildman–Crippen MR) is 139 cm³/mol. The van der Waals surface area contributed by atoms with Crippen LogP contribution < -0.4 is 0 Å². The van der Waals surface area contributed by atoms with Crippen molar-refractivity contribution in [3.8, 4) is 0 Å². The lowest BCUT2D eigenvalue weighted by Gasteiger charge is -2.05. The second kappa shape index (κ2) is 12.2. The van der Waals surface area contributed by atoms with Gasteiger partial charge >= 0.3 is 0 Å². The summed E-state index contributed by atoms with van der Waals surface area (Å²) in [7, 11) is 0. The molecule has 1 heterocycles. The van der Waals surface area contributed by atoms with E-state index in [1.165, 1.54) is 5.56 Å². The van der Waals surface area contributed by atoms with Crippen molar-refractivity contribution in [1.29, 1.82) is 0 Å². The Hall–Kier alpha value is -2.68. The molecule has 0 radical (unpaired) electrons. The average molecular weight is 449 g/mol. The van der Waals surface area contributed by atoms with E-state index >= 15 is 0 Å². The maximum atomic E-state index is 12.8. The highest BCUT2D eigenvalue weighted by molar-refractivity contribution is 7.20. The molecule has 31 heavy (non-hydrogen) atoms. The highest BCUT2D eigenvalue weighted by Crippen LogP contribution is 2.29. The molecule has 160 valence electrons. The number of carbonyl (C=O) groups is 1. The molecule has 3 heteroatoms. The Kier molecular flexibility index (Phi) is 9.71. The van der Waals surface area contributed by atoms with Gasteiger partial charge in [0.15, 0.2) is 5.78 Å². The molecule has 0 aliphatic heterocycles. The molecule has 1 aromatic carbocycles. The molecule has 0 spiro atoms. The van der Waals surface area contributed by atoms with E-state index in [9.17, 15) is 4.79 Å². The van der Waals surface area contributed by atoms with Gasteiger partial charge in [-0.3, -0.25) is 4.79 Å². The summed E-state index contributed by atoms with van der Waals surface area (Å²) in [5.74, 6) is 0.541. The lowest BCUT2D eigenvalue weighted by atomic mass is 10.0. The van der Waals surface area contributed by atoms with E-state index in [-0.39, 0.29) is 5.78 Å². The molecule has 0 saturated heterocycles. The predicted octanol–water partition coefficient (Wildman–Crippen LogP) is 8.56. The molecule has 0 saturated carbocycles. The zero-order valence-corrected chi connectivity index (χ0v) is 19.7. The summed E-state index contributed by atoms with van der Waals surface area (Å²) >= 11 is 7.51. The molecule has 2 aromatic rings. The largest absolute Gasteiger partial charge is 0.293 e. The lowest BCUT2D eigenvalue weighted by molar-refractivity contribution is 0.0987. The number of benzene rings is 1. The molecule has 1 aromatic heterocycles. The molecule has 0 aliphatic rings. The van der Waals surface area contributed by atoms with Gasteiger partial charge < -0.3 is 0 Å². The highest BCUT2D eigenvalue weighted by Gasteiger charge is 2.12. The van der Waals surface area contributed by atoms with Crippen molar-refractivity contribution in [1.82, 2.24) is 0 Å². The number of Topliss-reactive ketones (excluding diaryl/α,β-unsaturated/α-hetero) is 1. The van der Waals surface area contributed by atoms with Gasteiger partial charge in [-0.1, -0.05) is 73.9 Å². The summed E-state index contributed by atoms with van der Waals surface area (Å²) < 4.78 is 1.14. The quantitative estimate of drug-likeness (QED) is 0.137. The summed E-state index contributed by atoms with van der Waals surface area (Å²) in [6, 6.07) is 8.31. The number of thiophene rings is 1. The van der Waals surface area contributed by atoms with Gasteiger partial charge in [-0.25, -0.2) is 0 Å². The second-order valence-corrected chi connectivity index (χ2v) is 8.66. The van der Waals surface area contributed by atoms with Gasteiger partial charge in [0.2, 0.25) is 0 Å². The van der Waals surface area contributed by atoms with Crippen molar-refractivity contribution >= 4 is 38.8 Å². The number of rotatable bonds is 12. The number of allylic oxidation sites excluding steroid dienone is 10. The van der Waals surface area contributed by atoms with Crippen molar-refractivity contribution in [2.75, 3.05) is 5.88 Å². The Balaban J connectivity index is 2.08. The Morgan fingerprint density at radius 2 is 1.77 bits per heavy atom. The van der Waals surface area contributed by atoms with Gasteiger partial charge in [0.1, 0.15) is 0 Å². The van der Waals surface area contributed by atoms with Crippen LogP contribution in [0.15, 0.2) is 109 Å². The summed E-state index contributed by atoms with van der Waals surface area (Å²) in [6.07, 6.45) is 13.3. The SMILES string of the molecule is C=CCc1ccc2cc(C(=O)CC/C(=C/C=C/C=C(\CCl)C(=C)C=C)C(=C)C)sc2c1. The van der Waals surface area contributed by atoms with Crippen molar-refractivity contribution in [3.05, 3.63) is 120 Å². The maximum Gasteiger partial charge on any atom is 0.173 e. The number of ketones is 1. The van der Waals surface area contributed by atoms with Crippen molar-refractivity contribution in [3.63, 3.8) is 0 Å². The number of halogens is 1. The average Bonchev–Trinajstić information content (AvgIpc) is 3.18. The number of carbonyl (C=O) groups excluding carboxylic acids is 1. The minimum Gasteiger partial charge on any atom is -0.293 e. The van der Waals surface area contributed by atoms with Gasteiger partial charge in [0.05, 0.1) is 4.88 Å². The third-order valence-electron chi connectivity index (χ3n) is 4.92. The van der Waals surface area contributed by atoms with Gasteiger partial charge in [0, 0.05) is 17.0 Å². The summed E-state index contributed by atoms with van der Waals surface area (Å²) in [4.78, 5) is 13.6. The van der Waals surface area contributed by atoms with Crippen LogP contribution in [0.3, 0.4) is 0 Å². The highest BCUT2D eigenvalue weighted by atomic mass is 35.5. The van der Waals surface area contributed by atoms with E-state index in [4.69, 9.17) is 11.6 Å². The first-order valence-electron chi connectivity index (χ1n) is 10.2. The monoisotopic (exact) mass is 448 g/mol. The molecule has 2 rings (SSSR count). The van der Waals surface area contributed by atoms with Crippen LogP contribution in [0.5, 0.6) is 0 Å². The molecule has 0 atom stereocenters. The van der Waals surface area contributed by atoms with E-state index in [0.29, 0.717) is 18.7 Å². The first-order chi connectivity index (χ1) is 14.9. The zero-order chi connectivity index (χ0) is 22.8. The Bertz CT molecular complexity index is 1090. The first-order valence-corrected chi connectivity index (χ1v) is 11.5. The van der Waals surface area contributed by atoms with E-state index in [1.54, 1.807) is 17.4 Å². The van der Waals surface area contributed by atoms with Crippen LogP contribution in [0.25, 0.3) is 10.1 Å². The Labute approximate surface area is 195 Å². The van der Waals surface area contributed by atoms with E-state index in [1.807, 2.05) is 43.4 Å². The topological polar surface area (TPSA) is 17.1 Å². The van der Waals surface area contributed by atoms with Crippen molar-refractivity contribution in [2.45, 2.75) is 26.2 Å².